The molecule has 2 heterocycles. The third-order valence-corrected chi connectivity index (χ3v) is 5.51. The number of ether oxygens (including phenoxy) is 1. The Balaban J connectivity index is 1.75. The molecule has 0 aliphatic carbocycles. The van der Waals surface area contributed by atoms with Gasteiger partial charge in [-0.15, -0.1) is 0 Å². The van der Waals surface area contributed by atoms with Gasteiger partial charge in [-0.25, -0.2) is 14.7 Å². The van der Waals surface area contributed by atoms with Crippen molar-refractivity contribution in [3.05, 3.63) is 90.1 Å². The van der Waals surface area contributed by atoms with Crippen molar-refractivity contribution >= 4 is 23.5 Å². The molecule has 0 N–H and O–H groups in total. The summed E-state index contributed by atoms with van der Waals surface area (Å²) in [5, 5.41) is 0. The number of amides is 2. The minimum absolute atomic E-state index is 0.0172. The standard InChI is InChI=1S/C27H29N3O3/c1-27(2,3)33-26(32)30(21-14-8-5-9-15-21)24-22(16-10-18-28-24)23-17-11-19-29(23)25(31)20-12-6-4-7-13-20/h4-10,12-16,18,23H,11,17,19H2,1-3H3/t23-/m0/s1. The fourth-order valence-electron chi connectivity index (χ4n) is 4.13. The molecule has 1 saturated heterocycles. The van der Waals surface area contributed by atoms with Crippen LogP contribution >= 0.6 is 0 Å². The van der Waals surface area contributed by atoms with E-state index >= 15 is 0 Å². The molecular formula is C27H29N3O3. The van der Waals surface area contributed by atoms with Crippen LogP contribution in [0.2, 0.25) is 0 Å². The Morgan fingerprint density at radius 2 is 1.64 bits per heavy atom. The number of anilines is 2. The second-order valence-electron chi connectivity index (χ2n) is 9.09. The van der Waals surface area contributed by atoms with Crippen LogP contribution in [0.15, 0.2) is 79.0 Å². The van der Waals surface area contributed by atoms with E-state index < -0.39 is 11.7 Å². The number of carbonyl (C=O) groups excluding carboxylic acids is 2. The lowest BCUT2D eigenvalue weighted by atomic mass is 10.0. The fourth-order valence-corrected chi connectivity index (χ4v) is 4.13. The normalized spacial score (nSPS) is 15.8. The molecule has 6 nitrogen and oxygen atoms in total. The second kappa shape index (κ2) is 9.45. The molecule has 1 aromatic heterocycles. The average molecular weight is 444 g/mol. The Labute approximate surface area is 194 Å². The summed E-state index contributed by atoms with van der Waals surface area (Å²) >= 11 is 0. The Hall–Kier alpha value is -3.67. The molecule has 2 amide bonds. The molecule has 1 aliphatic rings. The van der Waals surface area contributed by atoms with Crippen LogP contribution in [0, 0.1) is 0 Å². The zero-order chi connectivity index (χ0) is 23.4. The van der Waals surface area contributed by atoms with E-state index in [2.05, 4.69) is 4.98 Å². The molecule has 1 atom stereocenters. The number of likely N-dealkylation sites (tertiary alicyclic amines) is 1. The number of hydrogen-bond acceptors (Lipinski definition) is 4. The summed E-state index contributed by atoms with van der Waals surface area (Å²) < 4.78 is 5.74. The topological polar surface area (TPSA) is 62.7 Å². The third kappa shape index (κ3) is 5.06. The van der Waals surface area contributed by atoms with E-state index in [0.29, 0.717) is 23.6 Å². The predicted octanol–water partition coefficient (Wildman–Crippen LogP) is 6.13. The van der Waals surface area contributed by atoms with Gasteiger partial charge in [0.15, 0.2) is 0 Å². The van der Waals surface area contributed by atoms with Gasteiger partial charge >= 0.3 is 6.09 Å². The maximum Gasteiger partial charge on any atom is 0.420 e. The highest BCUT2D eigenvalue weighted by atomic mass is 16.6. The molecule has 2 aromatic carbocycles. The minimum Gasteiger partial charge on any atom is -0.443 e. The summed E-state index contributed by atoms with van der Waals surface area (Å²) in [7, 11) is 0. The van der Waals surface area contributed by atoms with Gasteiger partial charge < -0.3 is 9.64 Å². The quantitative estimate of drug-likeness (QED) is 0.486. The molecule has 0 saturated carbocycles. The van der Waals surface area contributed by atoms with Crippen LogP contribution in [0.1, 0.15) is 55.6 Å². The Bertz CT molecular complexity index is 1110. The number of carbonyl (C=O) groups is 2. The van der Waals surface area contributed by atoms with Crippen molar-refractivity contribution in [2.75, 3.05) is 11.4 Å². The first-order chi connectivity index (χ1) is 15.8. The number of rotatable bonds is 4. The zero-order valence-electron chi connectivity index (χ0n) is 19.3. The summed E-state index contributed by atoms with van der Waals surface area (Å²) in [6, 6.07) is 22.3. The maximum absolute atomic E-state index is 13.3. The SMILES string of the molecule is CC(C)(C)OC(=O)N(c1ccccc1)c1ncccc1[C@@H]1CCCN1C(=O)c1ccccc1. The van der Waals surface area contributed by atoms with Crippen molar-refractivity contribution < 1.29 is 14.3 Å². The number of hydrogen-bond donors (Lipinski definition) is 0. The molecule has 1 aliphatic heterocycles. The van der Waals surface area contributed by atoms with Crippen LogP contribution in [0.4, 0.5) is 16.3 Å². The lowest BCUT2D eigenvalue weighted by molar-refractivity contribution is 0.0597. The van der Waals surface area contributed by atoms with E-state index in [9.17, 15) is 9.59 Å². The van der Waals surface area contributed by atoms with Crippen molar-refractivity contribution in [3.8, 4) is 0 Å². The first kappa shape index (κ1) is 22.5. The van der Waals surface area contributed by atoms with Crippen LogP contribution < -0.4 is 4.90 Å². The monoisotopic (exact) mass is 443 g/mol. The van der Waals surface area contributed by atoms with Crippen molar-refractivity contribution in [2.45, 2.75) is 45.3 Å². The van der Waals surface area contributed by atoms with Gasteiger partial charge in [-0.05, 0) is 63.9 Å². The molecule has 1 fully saturated rings. The van der Waals surface area contributed by atoms with E-state index in [-0.39, 0.29) is 11.9 Å². The first-order valence-corrected chi connectivity index (χ1v) is 11.2. The van der Waals surface area contributed by atoms with Crippen LogP contribution in [-0.4, -0.2) is 34.0 Å². The predicted molar refractivity (Wildman–Crippen MR) is 129 cm³/mol. The van der Waals surface area contributed by atoms with Crippen LogP contribution in [0.5, 0.6) is 0 Å². The van der Waals surface area contributed by atoms with Crippen molar-refractivity contribution in [2.24, 2.45) is 0 Å². The summed E-state index contributed by atoms with van der Waals surface area (Å²) in [5.74, 6) is 0.465. The van der Waals surface area contributed by atoms with Crippen LogP contribution in [0.3, 0.4) is 0 Å². The molecule has 6 heteroatoms. The minimum atomic E-state index is -0.665. The third-order valence-electron chi connectivity index (χ3n) is 5.51. The van der Waals surface area contributed by atoms with Gasteiger partial charge in [-0.1, -0.05) is 42.5 Å². The zero-order valence-corrected chi connectivity index (χ0v) is 19.3. The van der Waals surface area contributed by atoms with Gasteiger partial charge in [0.2, 0.25) is 0 Å². The van der Waals surface area contributed by atoms with E-state index in [1.165, 1.54) is 4.90 Å². The molecule has 0 unspecified atom stereocenters. The summed E-state index contributed by atoms with van der Waals surface area (Å²) in [6.45, 7) is 6.17. The van der Waals surface area contributed by atoms with E-state index in [1.54, 1.807) is 6.20 Å². The highest BCUT2D eigenvalue weighted by Crippen LogP contribution is 2.39. The molecule has 0 spiro atoms. The highest BCUT2D eigenvalue weighted by Gasteiger charge is 2.35. The number of benzene rings is 2. The molecule has 0 radical (unpaired) electrons. The largest absolute Gasteiger partial charge is 0.443 e. The molecule has 33 heavy (non-hydrogen) atoms. The number of aromatic nitrogens is 1. The first-order valence-electron chi connectivity index (χ1n) is 11.2. The molecule has 4 rings (SSSR count). The molecule has 170 valence electrons. The van der Waals surface area contributed by atoms with Crippen molar-refractivity contribution in [1.82, 2.24) is 9.88 Å². The Morgan fingerprint density at radius 3 is 2.30 bits per heavy atom. The van der Waals surface area contributed by atoms with Gasteiger partial charge in [-0.2, -0.15) is 0 Å². The molecule has 0 bridgehead atoms. The average Bonchev–Trinajstić information content (AvgIpc) is 3.29. The Morgan fingerprint density at radius 1 is 0.970 bits per heavy atom. The summed E-state index contributed by atoms with van der Waals surface area (Å²) in [6.07, 6.45) is 2.84. The number of para-hydroxylation sites is 1. The van der Waals surface area contributed by atoms with Gasteiger partial charge in [0.1, 0.15) is 11.4 Å². The summed E-state index contributed by atoms with van der Waals surface area (Å²) in [4.78, 5) is 34.6. The lowest BCUT2D eigenvalue weighted by Gasteiger charge is -2.31. The van der Waals surface area contributed by atoms with E-state index in [4.69, 9.17) is 4.74 Å². The lowest BCUT2D eigenvalue weighted by Crippen LogP contribution is -2.36. The maximum atomic E-state index is 13.3. The van der Waals surface area contributed by atoms with Crippen LogP contribution in [0.25, 0.3) is 0 Å². The smallest absolute Gasteiger partial charge is 0.420 e. The number of pyridine rings is 1. The fraction of sp³-hybridized carbons (Fsp3) is 0.296. The summed E-state index contributed by atoms with van der Waals surface area (Å²) in [5.41, 5.74) is 1.48. The van der Waals surface area contributed by atoms with E-state index in [1.807, 2.05) is 98.5 Å². The Kier molecular flexibility index (Phi) is 6.45. The highest BCUT2D eigenvalue weighted by molar-refractivity contribution is 5.97. The van der Waals surface area contributed by atoms with Gasteiger partial charge in [0.05, 0.1) is 11.7 Å². The van der Waals surface area contributed by atoms with Gasteiger partial charge in [0, 0.05) is 23.9 Å². The van der Waals surface area contributed by atoms with Gasteiger partial charge in [-0.3, -0.25) is 4.79 Å². The van der Waals surface area contributed by atoms with Crippen molar-refractivity contribution in [1.29, 1.82) is 0 Å². The molecule has 3 aromatic rings. The number of nitrogens with zero attached hydrogens (tertiary/aromatic N) is 3. The van der Waals surface area contributed by atoms with Gasteiger partial charge in [0.25, 0.3) is 5.91 Å². The van der Waals surface area contributed by atoms with Crippen molar-refractivity contribution in [3.63, 3.8) is 0 Å². The molecular weight excluding hydrogens is 414 g/mol. The second-order valence-corrected chi connectivity index (χ2v) is 9.09. The van der Waals surface area contributed by atoms with Crippen LogP contribution in [-0.2, 0) is 4.74 Å². The van der Waals surface area contributed by atoms with E-state index in [0.717, 1.165) is 18.4 Å².